The highest BCUT2D eigenvalue weighted by Crippen LogP contribution is 2.35. The van der Waals surface area contributed by atoms with Crippen LogP contribution in [-0.2, 0) is 0 Å². The number of ether oxygens (including phenoxy) is 2. The van der Waals surface area contributed by atoms with E-state index in [4.69, 9.17) is 10.00 Å². The number of amides is 1. The Labute approximate surface area is 194 Å². The minimum Gasteiger partial charge on any atom is -0.458 e. The van der Waals surface area contributed by atoms with Gasteiger partial charge in [0.2, 0.25) is 0 Å². The molecule has 0 spiro atoms. The van der Waals surface area contributed by atoms with Gasteiger partial charge < -0.3 is 14.8 Å². The fraction of sp³-hybridized carbons (Fsp3) is 0.261. The molecule has 1 amide bonds. The van der Waals surface area contributed by atoms with Crippen LogP contribution >= 0.6 is 11.3 Å². The number of rotatable bonds is 9. The molecule has 174 valence electrons. The third kappa shape index (κ3) is 6.63. The lowest BCUT2D eigenvalue weighted by atomic mass is 10.1. The van der Waals surface area contributed by atoms with Gasteiger partial charge in [-0.05, 0) is 25.1 Å². The summed E-state index contributed by atoms with van der Waals surface area (Å²) in [6.07, 6.45) is 5.08. The number of para-hydroxylation sites is 1. The van der Waals surface area contributed by atoms with Gasteiger partial charge >= 0.3 is 6.61 Å². The number of carbonyl (C=O) groups is 1. The van der Waals surface area contributed by atoms with Gasteiger partial charge in [-0.2, -0.15) is 14.0 Å². The number of nitriles is 1. The second kappa shape index (κ2) is 12.4. The standard InChI is InChI=1S/C21H18F2N4O3S.C2H6/c1-13(2)29-18-14(5-3-6-16(18)30-20(22)23)7-8-15-17(19(28)25-10-4-9-24)27-11-12-31-21(27)26-15;1-2/h3,5-8,11-12,20H,1,4,10H2,2H3,(H,25,28);1-2H3/b8-7+;. The molecule has 0 atom stereocenters. The second-order valence-corrected chi connectivity index (χ2v) is 7.13. The van der Waals surface area contributed by atoms with E-state index in [-0.39, 0.29) is 30.4 Å². The van der Waals surface area contributed by atoms with Gasteiger partial charge in [0.05, 0.1) is 23.9 Å². The number of alkyl halides is 2. The lowest BCUT2D eigenvalue weighted by Crippen LogP contribution is -2.26. The number of nitrogens with zero attached hydrogens (tertiary/aromatic N) is 3. The van der Waals surface area contributed by atoms with E-state index in [1.54, 1.807) is 47.2 Å². The largest absolute Gasteiger partial charge is 0.458 e. The number of fused-ring (bicyclic) bond motifs is 1. The predicted molar refractivity (Wildman–Crippen MR) is 124 cm³/mol. The van der Waals surface area contributed by atoms with Crippen molar-refractivity contribution in [3.63, 3.8) is 0 Å². The van der Waals surface area contributed by atoms with Crippen LogP contribution in [0.3, 0.4) is 0 Å². The normalized spacial score (nSPS) is 10.6. The molecule has 0 bridgehead atoms. The van der Waals surface area contributed by atoms with Crippen molar-refractivity contribution < 1.29 is 23.0 Å². The van der Waals surface area contributed by atoms with E-state index in [9.17, 15) is 13.6 Å². The van der Waals surface area contributed by atoms with Crippen molar-refractivity contribution in [2.24, 2.45) is 0 Å². The van der Waals surface area contributed by atoms with Gasteiger partial charge in [-0.25, -0.2) is 4.98 Å². The molecular weight excluding hydrogens is 450 g/mol. The van der Waals surface area contributed by atoms with Crippen LogP contribution in [0.15, 0.2) is 42.1 Å². The molecule has 3 rings (SSSR count). The first-order valence-corrected chi connectivity index (χ1v) is 11.0. The Balaban J connectivity index is 0.00000187. The second-order valence-electron chi connectivity index (χ2n) is 6.26. The molecular formula is C23H24F2N4O3S. The zero-order valence-electron chi connectivity index (χ0n) is 18.5. The van der Waals surface area contributed by atoms with E-state index in [1.165, 1.54) is 17.4 Å². The Hall–Kier alpha value is -3.71. The number of thiazole rings is 1. The van der Waals surface area contributed by atoms with Crippen molar-refractivity contribution in [3.05, 3.63) is 59.1 Å². The summed E-state index contributed by atoms with van der Waals surface area (Å²) in [5, 5.41) is 13.2. The third-order valence-corrected chi connectivity index (χ3v) is 4.71. The van der Waals surface area contributed by atoms with Gasteiger partial charge in [0.15, 0.2) is 16.5 Å². The van der Waals surface area contributed by atoms with E-state index in [1.807, 2.05) is 19.9 Å². The first-order valence-electron chi connectivity index (χ1n) is 10.1. The van der Waals surface area contributed by atoms with Crippen LogP contribution in [0.25, 0.3) is 17.1 Å². The number of nitrogens with one attached hydrogen (secondary N) is 1. The summed E-state index contributed by atoms with van der Waals surface area (Å²) in [7, 11) is 0. The van der Waals surface area contributed by atoms with Crippen LogP contribution in [0.5, 0.6) is 11.5 Å². The lowest BCUT2D eigenvalue weighted by Gasteiger charge is -2.14. The highest BCUT2D eigenvalue weighted by molar-refractivity contribution is 7.15. The van der Waals surface area contributed by atoms with Crippen LogP contribution in [0, 0.1) is 11.3 Å². The first kappa shape index (κ1) is 25.5. The average molecular weight is 475 g/mol. The number of allylic oxidation sites excluding steroid dienone is 1. The Morgan fingerprint density at radius 3 is 2.82 bits per heavy atom. The monoisotopic (exact) mass is 474 g/mol. The molecule has 0 unspecified atom stereocenters. The minimum atomic E-state index is -3.02. The number of hydrogen-bond acceptors (Lipinski definition) is 6. The number of imidazole rings is 1. The lowest BCUT2D eigenvalue weighted by molar-refractivity contribution is -0.0511. The average Bonchev–Trinajstić information content (AvgIpc) is 3.35. The summed E-state index contributed by atoms with van der Waals surface area (Å²) in [6, 6.07) is 6.53. The highest BCUT2D eigenvalue weighted by atomic mass is 32.1. The van der Waals surface area contributed by atoms with Gasteiger partial charge in [0, 0.05) is 23.7 Å². The molecule has 0 aliphatic carbocycles. The number of carbonyl (C=O) groups excluding carboxylic acids is 1. The SMILES string of the molecule is C=C(C)Oc1c(/C=C/c2nc3sccn3c2C(=O)NCCC#N)cccc1OC(F)F.CC. The van der Waals surface area contributed by atoms with Crippen molar-refractivity contribution in [1.29, 1.82) is 5.26 Å². The topological polar surface area (TPSA) is 88.7 Å². The van der Waals surface area contributed by atoms with Crippen LogP contribution in [0.4, 0.5) is 8.78 Å². The number of aromatic nitrogens is 2. The molecule has 0 saturated carbocycles. The van der Waals surface area contributed by atoms with Crippen molar-refractivity contribution in [1.82, 2.24) is 14.7 Å². The minimum absolute atomic E-state index is 0.0765. The molecule has 7 nitrogen and oxygen atoms in total. The van der Waals surface area contributed by atoms with E-state index >= 15 is 0 Å². The Bertz CT molecular complexity index is 1180. The molecule has 0 radical (unpaired) electrons. The number of halogens is 2. The van der Waals surface area contributed by atoms with Gasteiger partial charge in [-0.1, -0.05) is 32.6 Å². The number of hydrogen-bond donors (Lipinski definition) is 1. The Morgan fingerprint density at radius 2 is 2.15 bits per heavy atom. The first-order chi connectivity index (χ1) is 15.9. The maximum absolute atomic E-state index is 12.8. The molecule has 0 fully saturated rings. The van der Waals surface area contributed by atoms with Crippen LogP contribution in [0.2, 0.25) is 0 Å². The smallest absolute Gasteiger partial charge is 0.387 e. The van der Waals surface area contributed by atoms with Crippen molar-refractivity contribution in [2.75, 3.05) is 6.54 Å². The van der Waals surface area contributed by atoms with E-state index in [0.29, 0.717) is 27.7 Å². The number of benzene rings is 1. The molecule has 0 saturated heterocycles. The molecule has 10 heteroatoms. The summed E-state index contributed by atoms with van der Waals surface area (Å²) in [5.74, 6) is -0.151. The molecule has 33 heavy (non-hydrogen) atoms. The van der Waals surface area contributed by atoms with Crippen LogP contribution < -0.4 is 14.8 Å². The summed E-state index contributed by atoms with van der Waals surface area (Å²) in [4.78, 5) is 17.7. The fourth-order valence-electron chi connectivity index (χ4n) is 2.77. The van der Waals surface area contributed by atoms with E-state index in [2.05, 4.69) is 21.6 Å². The van der Waals surface area contributed by atoms with Crippen molar-refractivity contribution in [2.45, 2.75) is 33.8 Å². The van der Waals surface area contributed by atoms with Gasteiger partial charge in [-0.3, -0.25) is 9.20 Å². The molecule has 1 aromatic carbocycles. The van der Waals surface area contributed by atoms with Gasteiger partial charge in [-0.15, -0.1) is 11.3 Å². The fourth-order valence-corrected chi connectivity index (χ4v) is 3.49. The zero-order chi connectivity index (χ0) is 24.4. The quantitative estimate of drug-likeness (QED) is 0.315. The highest BCUT2D eigenvalue weighted by Gasteiger charge is 2.19. The molecule has 2 aromatic heterocycles. The summed E-state index contributed by atoms with van der Waals surface area (Å²) < 4.78 is 37.3. The maximum atomic E-state index is 12.8. The van der Waals surface area contributed by atoms with Crippen molar-refractivity contribution in [3.8, 4) is 17.6 Å². The summed E-state index contributed by atoms with van der Waals surface area (Å²) in [6.45, 7) is 6.42. The zero-order valence-corrected chi connectivity index (χ0v) is 19.3. The van der Waals surface area contributed by atoms with Crippen molar-refractivity contribution >= 4 is 34.4 Å². The van der Waals surface area contributed by atoms with E-state index < -0.39 is 6.61 Å². The molecule has 2 heterocycles. The maximum Gasteiger partial charge on any atom is 0.387 e. The third-order valence-electron chi connectivity index (χ3n) is 3.95. The molecule has 3 aromatic rings. The van der Waals surface area contributed by atoms with Gasteiger partial charge in [0.1, 0.15) is 5.69 Å². The van der Waals surface area contributed by atoms with Crippen LogP contribution in [-0.4, -0.2) is 28.4 Å². The summed E-state index contributed by atoms with van der Waals surface area (Å²) in [5.41, 5.74) is 1.11. The molecule has 0 aliphatic rings. The Kier molecular flexibility index (Phi) is 9.57. The predicted octanol–water partition coefficient (Wildman–Crippen LogP) is 5.75. The van der Waals surface area contributed by atoms with Crippen LogP contribution in [0.1, 0.15) is 48.9 Å². The molecule has 0 aliphatic heterocycles. The van der Waals surface area contributed by atoms with E-state index in [0.717, 1.165) is 0 Å². The Morgan fingerprint density at radius 1 is 1.39 bits per heavy atom. The molecule has 1 N–H and O–H groups in total. The van der Waals surface area contributed by atoms with Gasteiger partial charge in [0.25, 0.3) is 5.91 Å². The summed E-state index contributed by atoms with van der Waals surface area (Å²) >= 11 is 1.36.